The van der Waals surface area contributed by atoms with Crippen molar-refractivity contribution in [1.29, 1.82) is 0 Å². The average molecular weight is 271 g/mol. The predicted octanol–water partition coefficient (Wildman–Crippen LogP) is 3.46. The van der Waals surface area contributed by atoms with Gasteiger partial charge in [-0.05, 0) is 64.0 Å². The molecular formula is C15H29NOS. The Balaban J connectivity index is 2.49. The third-order valence-electron chi connectivity index (χ3n) is 4.58. The lowest BCUT2D eigenvalue weighted by molar-refractivity contribution is -0.119. The van der Waals surface area contributed by atoms with Crippen molar-refractivity contribution in [2.45, 2.75) is 52.0 Å². The van der Waals surface area contributed by atoms with Crippen LogP contribution in [-0.4, -0.2) is 42.8 Å². The van der Waals surface area contributed by atoms with E-state index in [1.807, 2.05) is 11.8 Å². The summed E-state index contributed by atoms with van der Waals surface area (Å²) >= 11 is 1.90. The summed E-state index contributed by atoms with van der Waals surface area (Å²) < 4.78 is 0. The molecule has 1 atom stereocenters. The standard InChI is InChI=1S/C15H29NOS/c1-13-5-8-15(12-17,9-6-13)11-16(3)14(2)7-10-18-4/h12-14H,5-11H2,1-4H3. The maximum absolute atomic E-state index is 11.5. The molecule has 1 rings (SSSR count). The number of hydrogen-bond acceptors (Lipinski definition) is 3. The summed E-state index contributed by atoms with van der Waals surface area (Å²) in [6.45, 7) is 5.53. The van der Waals surface area contributed by atoms with Gasteiger partial charge in [0.05, 0.1) is 0 Å². The van der Waals surface area contributed by atoms with Gasteiger partial charge in [0, 0.05) is 18.0 Å². The number of hydrogen-bond donors (Lipinski definition) is 0. The summed E-state index contributed by atoms with van der Waals surface area (Å²) in [5, 5.41) is 0. The van der Waals surface area contributed by atoms with Gasteiger partial charge in [-0.15, -0.1) is 0 Å². The zero-order chi connectivity index (χ0) is 13.6. The summed E-state index contributed by atoms with van der Waals surface area (Å²) in [6, 6.07) is 0.577. The Bertz CT molecular complexity index is 249. The van der Waals surface area contributed by atoms with Crippen molar-refractivity contribution in [3.8, 4) is 0 Å². The molecule has 1 fully saturated rings. The molecule has 0 aromatic carbocycles. The van der Waals surface area contributed by atoms with Gasteiger partial charge in [-0.25, -0.2) is 0 Å². The molecule has 1 saturated carbocycles. The first-order valence-corrected chi connectivity index (χ1v) is 8.58. The minimum Gasteiger partial charge on any atom is -0.303 e. The van der Waals surface area contributed by atoms with Gasteiger partial charge in [-0.3, -0.25) is 0 Å². The van der Waals surface area contributed by atoms with Crippen molar-refractivity contribution in [2.24, 2.45) is 11.3 Å². The number of aldehydes is 1. The second-order valence-corrected chi connectivity index (χ2v) is 7.19. The van der Waals surface area contributed by atoms with Crippen LogP contribution in [0.5, 0.6) is 0 Å². The molecule has 0 radical (unpaired) electrons. The Morgan fingerprint density at radius 2 is 2.06 bits per heavy atom. The van der Waals surface area contributed by atoms with Crippen LogP contribution in [0.25, 0.3) is 0 Å². The largest absolute Gasteiger partial charge is 0.303 e. The van der Waals surface area contributed by atoms with Crippen LogP contribution in [0.4, 0.5) is 0 Å². The highest BCUT2D eigenvalue weighted by Crippen LogP contribution is 2.38. The molecule has 0 amide bonds. The highest BCUT2D eigenvalue weighted by atomic mass is 32.2. The van der Waals surface area contributed by atoms with Crippen molar-refractivity contribution in [1.82, 2.24) is 4.90 Å². The van der Waals surface area contributed by atoms with Gasteiger partial charge in [0.25, 0.3) is 0 Å². The van der Waals surface area contributed by atoms with Crippen LogP contribution in [0, 0.1) is 11.3 Å². The molecule has 18 heavy (non-hydrogen) atoms. The molecule has 1 aliphatic carbocycles. The van der Waals surface area contributed by atoms with Crippen LogP contribution >= 0.6 is 11.8 Å². The van der Waals surface area contributed by atoms with Gasteiger partial charge in [0.15, 0.2) is 0 Å². The fraction of sp³-hybridized carbons (Fsp3) is 0.933. The predicted molar refractivity (Wildman–Crippen MR) is 81.2 cm³/mol. The molecule has 2 nitrogen and oxygen atoms in total. The van der Waals surface area contributed by atoms with E-state index in [4.69, 9.17) is 0 Å². The molecule has 1 aliphatic rings. The van der Waals surface area contributed by atoms with Crippen LogP contribution in [0.3, 0.4) is 0 Å². The SMILES string of the molecule is CSCCC(C)N(C)CC1(C=O)CCC(C)CC1. The molecule has 0 heterocycles. The molecule has 106 valence electrons. The molecule has 0 bridgehead atoms. The molecule has 0 aliphatic heterocycles. The van der Waals surface area contributed by atoms with Crippen LogP contribution in [-0.2, 0) is 4.79 Å². The highest BCUT2D eigenvalue weighted by Gasteiger charge is 2.35. The van der Waals surface area contributed by atoms with Crippen molar-refractivity contribution in [3.05, 3.63) is 0 Å². The Labute approximate surface area is 117 Å². The Morgan fingerprint density at radius 1 is 1.44 bits per heavy atom. The van der Waals surface area contributed by atoms with E-state index in [1.165, 1.54) is 31.3 Å². The maximum Gasteiger partial charge on any atom is 0.127 e. The number of nitrogens with zero attached hydrogens (tertiary/aromatic N) is 1. The Hall–Kier alpha value is -0.0200. The van der Waals surface area contributed by atoms with E-state index in [2.05, 4.69) is 32.1 Å². The van der Waals surface area contributed by atoms with E-state index in [0.29, 0.717) is 6.04 Å². The van der Waals surface area contributed by atoms with E-state index in [0.717, 1.165) is 25.3 Å². The Kier molecular flexibility index (Phi) is 6.72. The van der Waals surface area contributed by atoms with Gasteiger partial charge in [-0.1, -0.05) is 6.92 Å². The molecule has 1 unspecified atom stereocenters. The first-order chi connectivity index (χ1) is 8.53. The van der Waals surface area contributed by atoms with E-state index < -0.39 is 0 Å². The molecule has 0 spiro atoms. The minimum atomic E-state index is -0.0606. The summed E-state index contributed by atoms with van der Waals surface area (Å²) in [7, 11) is 2.17. The molecular weight excluding hydrogens is 242 g/mol. The fourth-order valence-corrected chi connectivity index (χ4v) is 3.39. The number of carbonyl (C=O) groups excluding carboxylic acids is 1. The Morgan fingerprint density at radius 3 is 2.56 bits per heavy atom. The van der Waals surface area contributed by atoms with E-state index in [9.17, 15) is 4.79 Å². The van der Waals surface area contributed by atoms with Crippen molar-refractivity contribution in [3.63, 3.8) is 0 Å². The summed E-state index contributed by atoms with van der Waals surface area (Å²) in [4.78, 5) is 13.9. The number of thioether (sulfide) groups is 1. The van der Waals surface area contributed by atoms with Crippen molar-refractivity contribution < 1.29 is 4.79 Å². The zero-order valence-electron chi connectivity index (χ0n) is 12.4. The molecule has 0 N–H and O–H groups in total. The summed E-state index contributed by atoms with van der Waals surface area (Å²) in [6.07, 6.45) is 9.20. The minimum absolute atomic E-state index is 0.0606. The number of carbonyl (C=O) groups is 1. The third-order valence-corrected chi connectivity index (χ3v) is 5.22. The summed E-state index contributed by atoms with van der Waals surface area (Å²) in [5.41, 5.74) is -0.0606. The first kappa shape index (κ1) is 16.0. The third kappa shape index (κ3) is 4.58. The molecule has 0 aromatic heterocycles. The zero-order valence-corrected chi connectivity index (χ0v) is 13.3. The van der Waals surface area contributed by atoms with E-state index in [-0.39, 0.29) is 5.41 Å². The first-order valence-electron chi connectivity index (χ1n) is 7.18. The second-order valence-electron chi connectivity index (χ2n) is 6.21. The lowest BCUT2D eigenvalue weighted by Gasteiger charge is -2.39. The van der Waals surface area contributed by atoms with Crippen LogP contribution in [0.1, 0.15) is 46.0 Å². The van der Waals surface area contributed by atoms with Crippen molar-refractivity contribution >= 4 is 18.0 Å². The smallest absolute Gasteiger partial charge is 0.127 e. The monoisotopic (exact) mass is 271 g/mol. The lowest BCUT2D eigenvalue weighted by atomic mass is 9.71. The van der Waals surface area contributed by atoms with Crippen LogP contribution in [0.15, 0.2) is 0 Å². The molecule has 0 saturated heterocycles. The normalized spacial score (nSPS) is 30.4. The highest BCUT2D eigenvalue weighted by molar-refractivity contribution is 7.98. The molecule has 0 aromatic rings. The molecule has 3 heteroatoms. The van der Waals surface area contributed by atoms with Gasteiger partial charge in [-0.2, -0.15) is 11.8 Å². The summed E-state index contributed by atoms with van der Waals surface area (Å²) in [5.74, 6) is 2.01. The van der Waals surface area contributed by atoms with Gasteiger partial charge in [0.2, 0.25) is 0 Å². The van der Waals surface area contributed by atoms with Gasteiger partial charge in [0.1, 0.15) is 6.29 Å². The van der Waals surface area contributed by atoms with E-state index >= 15 is 0 Å². The van der Waals surface area contributed by atoms with E-state index in [1.54, 1.807) is 0 Å². The second kappa shape index (κ2) is 7.54. The van der Waals surface area contributed by atoms with Crippen molar-refractivity contribution in [2.75, 3.05) is 25.6 Å². The lowest BCUT2D eigenvalue weighted by Crippen LogP contribution is -2.43. The maximum atomic E-state index is 11.5. The van der Waals surface area contributed by atoms with Gasteiger partial charge >= 0.3 is 0 Å². The topological polar surface area (TPSA) is 20.3 Å². The van der Waals surface area contributed by atoms with Crippen LogP contribution < -0.4 is 0 Å². The quantitative estimate of drug-likeness (QED) is 0.661. The van der Waals surface area contributed by atoms with Crippen LogP contribution in [0.2, 0.25) is 0 Å². The average Bonchev–Trinajstić information content (AvgIpc) is 2.38. The van der Waals surface area contributed by atoms with Gasteiger partial charge < -0.3 is 9.69 Å². The fourth-order valence-electron chi connectivity index (χ4n) is 2.81. The number of rotatable bonds is 7.